The second-order valence-corrected chi connectivity index (χ2v) is 4.49. The van der Waals surface area contributed by atoms with Crippen molar-refractivity contribution >= 4 is 16.8 Å². The predicted octanol–water partition coefficient (Wildman–Crippen LogP) is 2.20. The zero-order chi connectivity index (χ0) is 12.5. The monoisotopic (exact) mass is 247 g/mol. The molecule has 1 N–H and O–H groups in total. The van der Waals surface area contributed by atoms with Crippen molar-refractivity contribution in [3.05, 3.63) is 34.2 Å². The fourth-order valence-electron chi connectivity index (χ4n) is 2.29. The van der Waals surface area contributed by atoms with Gasteiger partial charge in [0.2, 0.25) is 0 Å². The number of benzene rings is 1. The average molecular weight is 247 g/mol. The van der Waals surface area contributed by atoms with Crippen molar-refractivity contribution in [2.45, 2.75) is 18.8 Å². The number of hydrogen-bond acceptors (Lipinski definition) is 5. The van der Waals surface area contributed by atoms with Gasteiger partial charge in [-0.1, -0.05) is 0 Å². The molecule has 1 saturated heterocycles. The predicted molar refractivity (Wildman–Crippen MR) is 65.5 cm³/mol. The normalized spacial score (nSPS) is 17.1. The molecule has 6 nitrogen and oxygen atoms in total. The fourth-order valence-corrected chi connectivity index (χ4v) is 2.29. The summed E-state index contributed by atoms with van der Waals surface area (Å²) in [7, 11) is 0. The van der Waals surface area contributed by atoms with Crippen LogP contribution in [-0.4, -0.2) is 23.0 Å². The van der Waals surface area contributed by atoms with E-state index in [4.69, 9.17) is 4.42 Å². The van der Waals surface area contributed by atoms with E-state index in [1.807, 2.05) is 0 Å². The number of aromatic nitrogens is 1. The molecule has 0 bridgehead atoms. The van der Waals surface area contributed by atoms with E-state index in [-0.39, 0.29) is 5.69 Å². The highest BCUT2D eigenvalue weighted by molar-refractivity contribution is 5.75. The maximum Gasteiger partial charge on any atom is 0.271 e. The fraction of sp³-hybridized carbons (Fsp3) is 0.417. The van der Waals surface area contributed by atoms with Gasteiger partial charge in [-0.05, 0) is 32.0 Å². The Balaban J connectivity index is 1.97. The van der Waals surface area contributed by atoms with E-state index in [9.17, 15) is 10.1 Å². The van der Waals surface area contributed by atoms with Crippen LogP contribution in [0.1, 0.15) is 24.7 Å². The third-order valence-corrected chi connectivity index (χ3v) is 3.29. The zero-order valence-corrected chi connectivity index (χ0v) is 9.76. The quantitative estimate of drug-likeness (QED) is 0.650. The highest BCUT2D eigenvalue weighted by Gasteiger charge is 2.21. The van der Waals surface area contributed by atoms with E-state index in [1.165, 1.54) is 12.1 Å². The van der Waals surface area contributed by atoms with E-state index in [0.717, 1.165) is 25.9 Å². The van der Waals surface area contributed by atoms with Crippen molar-refractivity contribution in [3.8, 4) is 0 Å². The second-order valence-electron chi connectivity index (χ2n) is 4.49. The molecule has 1 fully saturated rings. The van der Waals surface area contributed by atoms with Crippen LogP contribution in [0.25, 0.3) is 11.1 Å². The lowest BCUT2D eigenvalue weighted by atomic mass is 9.98. The molecule has 0 atom stereocenters. The van der Waals surface area contributed by atoms with Gasteiger partial charge in [-0.25, -0.2) is 4.98 Å². The van der Waals surface area contributed by atoms with Gasteiger partial charge in [-0.15, -0.1) is 0 Å². The van der Waals surface area contributed by atoms with E-state index >= 15 is 0 Å². The third kappa shape index (κ3) is 1.95. The number of fused-ring (bicyclic) bond motifs is 1. The second kappa shape index (κ2) is 4.38. The van der Waals surface area contributed by atoms with Crippen LogP contribution in [0.5, 0.6) is 0 Å². The minimum absolute atomic E-state index is 0.0488. The molecule has 0 aliphatic carbocycles. The summed E-state index contributed by atoms with van der Waals surface area (Å²) in [5.41, 5.74) is 1.24. The molecule has 3 rings (SSSR count). The van der Waals surface area contributed by atoms with Crippen LogP contribution in [0.4, 0.5) is 5.69 Å². The number of oxazole rings is 1. The Kier molecular flexibility index (Phi) is 2.71. The van der Waals surface area contributed by atoms with Crippen LogP contribution in [0.15, 0.2) is 22.6 Å². The van der Waals surface area contributed by atoms with Gasteiger partial charge in [-0.3, -0.25) is 10.1 Å². The van der Waals surface area contributed by atoms with Crippen molar-refractivity contribution in [2.75, 3.05) is 13.1 Å². The molecule has 0 unspecified atom stereocenters. The Morgan fingerprint density at radius 1 is 1.39 bits per heavy atom. The number of rotatable bonds is 2. The molecule has 2 aromatic rings. The number of nitrogens with one attached hydrogen (secondary N) is 1. The average Bonchev–Trinajstić information content (AvgIpc) is 2.82. The number of nitrogens with zero attached hydrogens (tertiary/aromatic N) is 2. The van der Waals surface area contributed by atoms with Crippen molar-refractivity contribution < 1.29 is 9.34 Å². The van der Waals surface area contributed by atoms with Crippen molar-refractivity contribution in [1.82, 2.24) is 10.3 Å². The molecule has 0 saturated carbocycles. The van der Waals surface area contributed by atoms with Gasteiger partial charge in [0.15, 0.2) is 11.5 Å². The summed E-state index contributed by atoms with van der Waals surface area (Å²) < 4.78 is 5.68. The van der Waals surface area contributed by atoms with Gasteiger partial charge in [0.1, 0.15) is 5.52 Å². The van der Waals surface area contributed by atoms with Crippen LogP contribution in [-0.2, 0) is 0 Å². The topological polar surface area (TPSA) is 81.2 Å². The third-order valence-electron chi connectivity index (χ3n) is 3.29. The lowest BCUT2D eigenvalue weighted by Crippen LogP contribution is -2.26. The number of non-ortho nitro benzene ring substituents is 1. The molecule has 0 spiro atoms. The van der Waals surface area contributed by atoms with Crippen LogP contribution in [0.2, 0.25) is 0 Å². The number of nitro benzene ring substituents is 1. The maximum absolute atomic E-state index is 10.7. The van der Waals surface area contributed by atoms with Gasteiger partial charge >= 0.3 is 0 Å². The Bertz CT molecular complexity index is 587. The van der Waals surface area contributed by atoms with Gasteiger partial charge in [0.05, 0.1) is 4.92 Å². The molecule has 1 aliphatic heterocycles. The van der Waals surface area contributed by atoms with E-state index in [1.54, 1.807) is 6.07 Å². The molecule has 0 amide bonds. The summed E-state index contributed by atoms with van der Waals surface area (Å²) in [5.74, 6) is 1.02. The first-order valence-corrected chi connectivity index (χ1v) is 5.99. The van der Waals surface area contributed by atoms with Gasteiger partial charge in [-0.2, -0.15) is 0 Å². The molecule has 1 aromatic heterocycles. The smallest absolute Gasteiger partial charge is 0.271 e. The van der Waals surface area contributed by atoms with Crippen molar-refractivity contribution in [3.63, 3.8) is 0 Å². The van der Waals surface area contributed by atoms with Crippen LogP contribution >= 0.6 is 0 Å². The standard InChI is InChI=1S/C12H13N3O3/c16-15(17)9-1-2-11-10(7-9)14-12(18-11)8-3-5-13-6-4-8/h1-2,7-8,13H,3-6H2. The van der Waals surface area contributed by atoms with Crippen LogP contribution in [0.3, 0.4) is 0 Å². The minimum Gasteiger partial charge on any atom is -0.440 e. The first kappa shape index (κ1) is 11.2. The van der Waals surface area contributed by atoms with Crippen LogP contribution in [0, 0.1) is 10.1 Å². The zero-order valence-electron chi connectivity index (χ0n) is 9.76. The van der Waals surface area contributed by atoms with E-state index in [0.29, 0.717) is 22.9 Å². The summed E-state index contributed by atoms with van der Waals surface area (Å²) in [4.78, 5) is 14.7. The molecular formula is C12H13N3O3. The molecule has 1 aromatic carbocycles. The highest BCUT2D eigenvalue weighted by atomic mass is 16.6. The summed E-state index contributed by atoms with van der Waals surface area (Å²) in [6, 6.07) is 4.52. The number of nitro groups is 1. The van der Waals surface area contributed by atoms with Crippen molar-refractivity contribution in [2.24, 2.45) is 0 Å². The Labute approximate surface area is 103 Å². The highest BCUT2D eigenvalue weighted by Crippen LogP contribution is 2.29. The maximum atomic E-state index is 10.7. The van der Waals surface area contributed by atoms with E-state index in [2.05, 4.69) is 10.3 Å². The summed E-state index contributed by atoms with van der Waals surface area (Å²) in [6.07, 6.45) is 1.99. The number of piperidine rings is 1. The summed E-state index contributed by atoms with van der Waals surface area (Å²) in [6.45, 7) is 1.92. The largest absolute Gasteiger partial charge is 0.440 e. The Hall–Kier alpha value is -1.95. The van der Waals surface area contributed by atoms with Gasteiger partial charge < -0.3 is 9.73 Å². The molecule has 94 valence electrons. The van der Waals surface area contributed by atoms with Crippen LogP contribution < -0.4 is 5.32 Å². The molecule has 6 heteroatoms. The first-order valence-electron chi connectivity index (χ1n) is 5.99. The minimum atomic E-state index is -0.418. The Morgan fingerprint density at radius 3 is 2.89 bits per heavy atom. The van der Waals surface area contributed by atoms with Gasteiger partial charge in [0, 0.05) is 18.1 Å². The molecule has 18 heavy (non-hydrogen) atoms. The molecular weight excluding hydrogens is 234 g/mol. The SMILES string of the molecule is O=[N+]([O-])c1ccc2oc(C3CCNCC3)nc2c1. The molecule has 2 heterocycles. The Morgan fingerprint density at radius 2 is 2.17 bits per heavy atom. The summed E-state index contributed by atoms with van der Waals surface area (Å²) in [5, 5.41) is 14.0. The molecule has 1 aliphatic rings. The lowest BCUT2D eigenvalue weighted by molar-refractivity contribution is -0.384. The molecule has 0 radical (unpaired) electrons. The van der Waals surface area contributed by atoms with Crippen molar-refractivity contribution in [1.29, 1.82) is 0 Å². The van der Waals surface area contributed by atoms with Gasteiger partial charge in [0.25, 0.3) is 5.69 Å². The summed E-state index contributed by atoms with van der Waals surface area (Å²) >= 11 is 0. The first-order chi connectivity index (χ1) is 8.74. The number of hydrogen-bond donors (Lipinski definition) is 1. The lowest BCUT2D eigenvalue weighted by Gasteiger charge is -2.19. The van der Waals surface area contributed by atoms with E-state index < -0.39 is 4.92 Å².